The molecule has 2 rings (SSSR count). The molecule has 3 heteroatoms. The van der Waals surface area contributed by atoms with Crippen molar-refractivity contribution in [3.63, 3.8) is 0 Å². The van der Waals surface area contributed by atoms with E-state index in [1.807, 2.05) is 0 Å². The lowest BCUT2D eigenvalue weighted by Gasteiger charge is -2.42. The lowest BCUT2D eigenvalue weighted by Crippen LogP contribution is -2.42. The Labute approximate surface area is 96.5 Å². The van der Waals surface area contributed by atoms with Gasteiger partial charge in [0.1, 0.15) is 0 Å². The highest BCUT2D eigenvalue weighted by atomic mass is 16.5. The Morgan fingerprint density at radius 2 is 2.38 bits per heavy atom. The number of rotatable bonds is 3. The monoisotopic (exact) mass is 224 g/mol. The van der Waals surface area contributed by atoms with E-state index in [0.29, 0.717) is 12.5 Å². The zero-order chi connectivity index (χ0) is 11.6. The lowest BCUT2D eigenvalue weighted by atomic mass is 9.65. The number of ether oxygens (including phenoxy) is 1. The van der Waals surface area contributed by atoms with Gasteiger partial charge in [0.15, 0.2) is 0 Å². The minimum Gasteiger partial charge on any atom is -0.466 e. The van der Waals surface area contributed by atoms with Crippen molar-refractivity contribution in [2.45, 2.75) is 45.1 Å². The van der Waals surface area contributed by atoms with Crippen molar-refractivity contribution in [1.82, 2.24) is 0 Å². The molecule has 0 saturated heterocycles. The highest BCUT2D eigenvalue weighted by molar-refractivity contribution is 5.65. The first-order valence-corrected chi connectivity index (χ1v) is 6.14. The van der Waals surface area contributed by atoms with E-state index in [2.05, 4.69) is 12.2 Å². The summed E-state index contributed by atoms with van der Waals surface area (Å²) < 4.78 is 5.01. The zero-order valence-corrected chi connectivity index (χ0v) is 9.82. The number of hydrogen-bond acceptors (Lipinski definition) is 3. The number of aliphatic hydroxyl groups excluding tert-OH is 1. The van der Waals surface area contributed by atoms with Gasteiger partial charge in [0, 0.05) is 12.3 Å². The molecule has 0 aromatic carbocycles. The third-order valence-corrected chi connectivity index (χ3v) is 4.10. The number of carbonyl (C=O) groups excluding carboxylic acids is 1. The van der Waals surface area contributed by atoms with Gasteiger partial charge in [0.25, 0.3) is 0 Å². The molecule has 0 radical (unpaired) electrons. The fourth-order valence-corrected chi connectivity index (χ4v) is 3.23. The molecule has 16 heavy (non-hydrogen) atoms. The maximum absolute atomic E-state index is 10.8. The third kappa shape index (κ3) is 2.01. The number of allylic oxidation sites excluding steroid dienone is 1. The molecule has 0 spiro atoms. The van der Waals surface area contributed by atoms with Crippen LogP contribution in [0.5, 0.6) is 0 Å². The van der Waals surface area contributed by atoms with Crippen LogP contribution in [0.2, 0.25) is 0 Å². The van der Waals surface area contributed by atoms with E-state index < -0.39 is 0 Å². The zero-order valence-electron chi connectivity index (χ0n) is 9.82. The molecule has 0 aromatic rings. The van der Waals surface area contributed by atoms with Crippen molar-refractivity contribution < 1.29 is 14.6 Å². The topological polar surface area (TPSA) is 46.5 Å². The van der Waals surface area contributed by atoms with Crippen molar-refractivity contribution in [2.75, 3.05) is 6.61 Å². The molecule has 0 aromatic heterocycles. The second-order valence-corrected chi connectivity index (χ2v) is 4.98. The number of aliphatic hydroxyl groups is 1. The third-order valence-electron chi connectivity index (χ3n) is 4.10. The van der Waals surface area contributed by atoms with Crippen LogP contribution in [0.1, 0.15) is 39.0 Å². The Hall–Kier alpha value is -0.830. The summed E-state index contributed by atoms with van der Waals surface area (Å²) in [5.41, 5.74) is -0.117. The molecular weight excluding hydrogens is 204 g/mol. The van der Waals surface area contributed by atoms with Crippen LogP contribution in [-0.2, 0) is 9.53 Å². The smallest absolute Gasteiger partial charge is 0.302 e. The van der Waals surface area contributed by atoms with Crippen LogP contribution < -0.4 is 0 Å². The minimum absolute atomic E-state index is 0.117. The number of hydrogen-bond donors (Lipinski definition) is 1. The van der Waals surface area contributed by atoms with Crippen molar-refractivity contribution in [2.24, 2.45) is 11.3 Å². The van der Waals surface area contributed by atoms with Crippen LogP contribution in [0.15, 0.2) is 12.2 Å². The highest BCUT2D eigenvalue weighted by Crippen LogP contribution is 2.50. The molecule has 1 fully saturated rings. The van der Waals surface area contributed by atoms with Gasteiger partial charge in [-0.15, -0.1) is 0 Å². The van der Waals surface area contributed by atoms with Gasteiger partial charge >= 0.3 is 5.97 Å². The second kappa shape index (κ2) is 4.58. The van der Waals surface area contributed by atoms with E-state index in [9.17, 15) is 9.90 Å². The number of fused-ring (bicyclic) bond motifs is 1. The highest BCUT2D eigenvalue weighted by Gasteiger charge is 2.46. The van der Waals surface area contributed by atoms with Crippen LogP contribution in [0.25, 0.3) is 0 Å². The van der Waals surface area contributed by atoms with Crippen molar-refractivity contribution in [3.8, 4) is 0 Å². The van der Waals surface area contributed by atoms with Gasteiger partial charge in [0.2, 0.25) is 0 Å². The summed E-state index contributed by atoms with van der Waals surface area (Å²) in [6, 6.07) is 0. The van der Waals surface area contributed by atoms with Gasteiger partial charge in [-0.3, -0.25) is 4.79 Å². The molecule has 3 nitrogen and oxygen atoms in total. The number of esters is 1. The summed E-state index contributed by atoms with van der Waals surface area (Å²) in [6.07, 6.45) is 9.07. The van der Waals surface area contributed by atoms with Crippen LogP contribution in [-0.4, -0.2) is 23.8 Å². The summed E-state index contributed by atoms with van der Waals surface area (Å²) in [5.74, 6) is 0.312. The Morgan fingerprint density at radius 3 is 3.12 bits per heavy atom. The van der Waals surface area contributed by atoms with E-state index in [-0.39, 0.29) is 17.5 Å². The summed E-state index contributed by atoms with van der Waals surface area (Å²) in [7, 11) is 0. The maximum Gasteiger partial charge on any atom is 0.302 e. The van der Waals surface area contributed by atoms with Gasteiger partial charge in [-0.2, -0.15) is 0 Å². The summed E-state index contributed by atoms with van der Waals surface area (Å²) in [6.45, 7) is 1.85. The summed E-state index contributed by atoms with van der Waals surface area (Å²) in [5, 5.41) is 10.2. The molecule has 0 amide bonds. The van der Waals surface area contributed by atoms with E-state index in [1.54, 1.807) is 0 Å². The molecule has 2 aliphatic carbocycles. The van der Waals surface area contributed by atoms with E-state index in [1.165, 1.54) is 13.3 Å². The summed E-state index contributed by atoms with van der Waals surface area (Å²) >= 11 is 0. The molecule has 1 saturated carbocycles. The predicted molar refractivity (Wildman–Crippen MR) is 60.8 cm³/mol. The van der Waals surface area contributed by atoms with Gasteiger partial charge < -0.3 is 9.84 Å². The molecule has 1 unspecified atom stereocenters. The SMILES string of the molecule is CC(=O)OCC[C@]12C=CC[C@H]1CCCC2O. The predicted octanol–water partition coefficient (Wildman–Crippen LogP) is 2.05. The van der Waals surface area contributed by atoms with E-state index in [0.717, 1.165) is 25.7 Å². The second-order valence-electron chi connectivity index (χ2n) is 4.98. The van der Waals surface area contributed by atoms with Crippen molar-refractivity contribution in [1.29, 1.82) is 0 Å². The van der Waals surface area contributed by atoms with Gasteiger partial charge in [-0.25, -0.2) is 0 Å². The van der Waals surface area contributed by atoms with Crippen LogP contribution in [0.3, 0.4) is 0 Å². The summed E-state index contributed by atoms with van der Waals surface area (Å²) in [4.78, 5) is 10.8. The maximum atomic E-state index is 10.8. The minimum atomic E-state index is -0.263. The van der Waals surface area contributed by atoms with E-state index in [4.69, 9.17) is 4.74 Å². The Bertz CT molecular complexity index is 298. The average molecular weight is 224 g/mol. The van der Waals surface area contributed by atoms with Crippen LogP contribution in [0, 0.1) is 11.3 Å². The number of carbonyl (C=O) groups is 1. The fraction of sp³-hybridized carbons (Fsp3) is 0.769. The Balaban J connectivity index is 2.01. The first kappa shape index (κ1) is 11.6. The first-order chi connectivity index (χ1) is 7.65. The molecule has 0 aliphatic heterocycles. The lowest BCUT2D eigenvalue weighted by molar-refractivity contribution is -0.142. The van der Waals surface area contributed by atoms with Crippen LogP contribution in [0.4, 0.5) is 0 Å². The molecular formula is C13H20O3. The molecule has 0 bridgehead atoms. The Morgan fingerprint density at radius 1 is 1.56 bits per heavy atom. The largest absolute Gasteiger partial charge is 0.466 e. The molecule has 3 atom stereocenters. The van der Waals surface area contributed by atoms with E-state index >= 15 is 0 Å². The first-order valence-electron chi connectivity index (χ1n) is 6.14. The molecule has 2 aliphatic rings. The molecule has 1 N–H and O–H groups in total. The molecule has 0 heterocycles. The van der Waals surface area contributed by atoms with Gasteiger partial charge in [-0.05, 0) is 31.6 Å². The Kier molecular flexibility index (Phi) is 3.33. The van der Waals surface area contributed by atoms with Crippen molar-refractivity contribution in [3.05, 3.63) is 12.2 Å². The van der Waals surface area contributed by atoms with Gasteiger partial charge in [-0.1, -0.05) is 18.6 Å². The normalized spacial score (nSPS) is 37.1. The quantitative estimate of drug-likeness (QED) is 0.589. The van der Waals surface area contributed by atoms with Crippen LogP contribution >= 0.6 is 0 Å². The average Bonchev–Trinajstić information content (AvgIpc) is 2.63. The molecule has 90 valence electrons. The van der Waals surface area contributed by atoms with Gasteiger partial charge in [0.05, 0.1) is 12.7 Å². The van der Waals surface area contributed by atoms with Crippen molar-refractivity contribution >= 4 is 5.97 Å². The fourth-order valence-electron chi connectivity index (χ4n) is 3.23. The standard InChI is InChI=1S/C13H20O3/c1-10(14)16-9-8-13-7-3-5-11(13)4-2-6-12(13)15/h3,7,11-12,15H,2,4-6,8-9H2,1H3/t11-,12?,13-/m1/s1.